The zero-order valence-electron chi connectivity index (χ0n) is 13.2. The molecular weight excluding hydrogens is 346 g/mol. The minimum Gasteiger partial charge on any atom is -0.454 e. The van der Waals surface area contributed by atoms with Crippen LogP contribution in [0, 0.1) is 0 Å². The summed E-state index contributed by atoms with van der Waals surface area (Å²) >= 11 is 0. The monoisotopic (exact) mass is 363 g/mol. The van der Waals surface area contributed by atoms with Gasteiger partial charge >= 0.3 is 6.03 Å². The van der Waals surface area contributed by atoms with Crippen molar-refractivity contribution in [2.24, 2.45) is 5.14 Å². The Morgan fingerprint density at radius 1 is 1.08 bits per heavy atom. The van der Waals surface area contributed by atoms with E-state index in [1.165, 1.54) is 24.3 Å². The molecule has 0 fully saturated rings. The smallest absolute Gasteiger partial charge is 0.319 e. The summed E-state index contributed by atoms with van der Waals surface area (Å²) in [6.07, 6.45) is 0.633. The number of fused-ring (bicyclic) bond motifs is 1. The minimum absolute atomic E-state index is 0.0127. The first kappa shape index (κ1) is 17.1. The molecule has 0 radical (unpaired) electrons. The molecule has 8 nitrogen and oxygen atoms in total. The summed E-state index contributed by atoms with van der Waals surface area (Å²) in [6.45, 7) is 0.657. The number of amides is 2. The molecule has 2 amide bonds. The largest absolute Gasteiger partial charge is 0.454 e. The molecule has 1 heterocycles. The molecule has 2 aromatic carbocycles. The lowest BCUT2D eigenvalue weighted by molar-refractivity contribution is 0.174. The first-order valence-electron chi connectivity index (χ1n) is 7.48. The Labute approximate surface area is 145 Å². The Morgan fingerprint density at radius 2 is 1.80 bits per heavy atom. The predicted molar refractivity (Wildman–Crippen MR) is 91.1 cm³/mol. The molecule has 25 heavy (non-hydrogen) atoms. The van der Waals surface area contributed by atoms with E-state index in [-0.39, 0.29) is 17.7 Å². The standard InChI is InChI=1S/C16H17N3O5S/c17-25(21,22)13-4-2-12(3-5-13)19-16(20)18-8-7-11-1-6-14-15(9-11)24-10-23-14/h1-6,9H,7-8,10H2,(H2,17,21,22)(H2,18,19,20). The number of primary sulfonamides is 1. The molecule has 0 saturated carbocycles. The van der Waals surface area contributed by atoms with E-state index in [4.69, 9.17) is 14.6 Å². The lowest BCUT2D eigenvalue weighted by Gasteiger charge is -2.08. The van der Waals surface area contributed by atoms with Gasteiger partial charge in [0.05, 0.1) is 4.90 Å². The normalized spacial score (nSPS) is 12.7. The highest BCUT2D eigenvalue weighted by atomic mass is 32.2. The zero-order valence-corrected chi connectivity index (χ0v) is 14.0. The third kappa shape index (κ3) is 4.40. The van der Waals surface area contributed by atoms with Crippen LogP contribution in [0.3, 0.4) is 0 Å². The van der Waals surface area contributed by atoms with Crippen LogP contribution in [0.25, 0.3) is 0 Å². The number of ether oxygens (including phenoxy) is 2. The maximum Gasteiger partial charge on any atom is 0.319 e. The molecule has 0 aliphatic carbocycles. The highest BCUT2D eigenvalue weighted by Crippen LogP contribution is 2.32. The maximum atomic E-state index is 11.9. The van der Waals surface area contributed by atoms with Gasteiger partial charge in [-0.2, -0.15) is 0 Å². The van der Waals surface area contributed by atoms with Crippen LogP contribution in [-0.2, 0) is 16.4 Å². The van der Waals surface area contributed by atoms with Crippen molar-refractivity contribution < 1.29 is 22.7 Å². The fraction of sp³-hybridized carbons (Fsp3) is 0.188. The average Bonchev–Trinajstić information content (AvgIpc) is 3.02. The van der Waals surface area contributed by atoms with Crippen molar-refractivity contribution >= 4 is 21.7 Å². The Balaban J connectivity index is 1.48. The molecule has 0 bridgehead atoms. The number of rotatable bonds is 5. The first-order valence-corrected chi connectivity index (χ1v) is 9.03. The van der Waals surface area contributed by atoms with Gasteiger partial charge in [-0.1, -0.05) is 6.07 Å². The lowest BCUT2D eigenvalue weighted by Crippen LogP contribution is -2.30. The van der Waals surface area contributed by atoms with Crippen molar-refractivity contribution in [1.29, 1.82) is 0 Å². The number of nitrogens with one attached hydrogen (secondary N) is 2. The van der Waals surface area contributed by atoms with Gasteiger partial charge in [0, 0.05) is 12.2 Å². The molecule has 0 spiro atoms. The second-order valence-corrected chi connectivity index (χ2v) is 6.95. The zero-order chi connectivity index (χ0) is 17.9. The number of nitrogens with two attached hydrogens (primary N) is 1. The molecule has 9 heteroatoms. The second-order valence-electron chi connectivity index (χ2n) is 5.39. The predicted octanol–water partition coefficient (Wildman–Crippen LogP) is 1.43. The average molecular weight is 363 g/mol. The van der Waals surface area contributed by atoms with E-state index in [1.54, 1.807) is 0 Å². The molecule has 1 aliphatic rings. The van der Waals surface area contributed by atoms with Crippen molar-refractivity contribution in [2.75, 3.05) is 18.7 Å². The van der Waals surface area contributed by atoms with E-state index in [0.29, 0.717) is 24.4 Å². The Kier molecular flexibility index (Phi) is 4.77. The van der Waals surface area contributed by atoms with Gasteiger partial charge in [-0.05, 0) is 48.4 Å². The molecule has 0 unspecified atom stereocenters. The SMILES string of the molecule is NS(=O)(=O)c1ccc(NC(=O)NCCc2ccc3c(c2)OCO3)cc1. The quantitative estimate of drug-likeness (QED) is 0.742. The molecule has 0 aromatic heterocycles. The van der Waals surface area contributed by atoms with E-state index < -0.39 is 10.0 Å². The van der Waals surface area contributed by atoms with Gasteiger partial charge in [0.2, 0.25) is 16.8 Å². The van der Waals surface area contributed by atoms with Gasteiger partial charge in [0.1, 0.15) is 0 Å². The Bertz CT molecular complexity index is 881. The third-order valence-electron chi connectivity index (χ3n) is 3.58. The minimum atomic E-state index is -3.74. The summed E-state index contributed by atoms with van der Waals surface area (Å²) in [5, 5.41) is 10.4. The highest BCUT2D eigenvalue weighted by Gasteiger charge is 2.13. The summed E-state index contributed by atoms with van der Waals surface area (Å²) in [5.74, 6) is 1.43. The van der Waals surface area contributed by atoms with E-state index in [2.05, 4.69) is 10.6 Å². The number of sulfonamides is 1. The van der Waals surface area contributed by atoms with Gasteiger partial charge in [-0.25, -0.2) is 18.4 Å². The van der Waals surface area contributed by atoms with Crippen LogP contribution >= 0.6 is 0 Å². The molecule has 4 N–H and O–H groups in total. The van der Waals surface area contributed by atoms with Gasteiger partial charge in [0.25, 0.3) is 0 Å². The number of urea groups is 1. The number of benzene rings is 2. The number of carbonyl (C=O) groups is 1. The topological polar surface area (TPSA) is 120 Å². The summed E-state index contributed by atoms with van der Waals surface area (Å²) in [7, 11) is -3.74. The Hall–Kier alpha value is -2.78. The van der Waals surface area contributed by atoms with Gasteiger partial charge in [0.15, 0.2) is 11.5 Å². The van der Waals surface area contributed by atoms with Gasteiger partial charge in [-0.15, -0.1) is 0 Å². The van der Waals surface area contributed by atoms with E-state index in [0.717, 1.165) is 11.3 Å². The van der Waals surface area contributed by atoms with Crippen molar-refractivity contribution in [3.8, 4) is 11.5 Å². The number of hydrogen-bond acceptors (Lipinski definition) is 5. The lowest BCUT2D eigenvalue weighted by atomic mass is 10.1. The van der Waals surface area contributed by atoms with E-state index in [1.807, 2.05) is 18.2 Å². The van der Waals surface area contributed by atoms with Crippen LogP contribution in [0.15, 0.2) is 47.4 Å². The number of carbonyl (C=O) groups excluding carboxylic acids is 1. The van der Waals surface area contributed by atoms with Crippen LogP contribution in [0.2, 0.25) is 0 Å². The van der Waals surface area contributed by atoms with Crippen LogP contribution in [-0.4, -0.2) is 27.8 Å². The summed E-state index contributed by atoms with van der Waals surface area (Å²) in [5.41, 5.74) is 1.48. The fourth-order valence-corrected chi connectivity index (χ4v) is 2.84. The van der Waals surface area contributed by atoms with Crippen LogP contribution < -0.4 is 25.2 Å². The molecular formula is C16H17N3O5S. The summed E-state index contributed by atoms with van der Waals surface area (Å²) < 4.78 is 32.9. The molecule has 132 valence electrons. The molecule has 1 aliphatic heterocycles. The Morgan fingerprint density at radius 3 is 2.52 bits per heavy atom. The highest BCUT2D eigenvalue weighted by molar-refractivity contribution is 7.89. The summed E-state index contributed by atoms with van der Waals surface area (Å²) in [6, 6.07) is 10.9. The first-order chi connectivity index (χ1) is 11.9. The molecule has 0 saturated heterocycles. The van der Waals surface area contributed by atoms with Crippen molar-refractivity contribution in [3.05, 3.63) is 48.0 Å². The maximum absolute atomic E-state index is 11.9. The van der Waals surface area contributed by atoms with E-state index >= 15 is 0 Å². The van der Waals surface area contributed by atoms with Gasteiger partial charge < -0.3 is 20.1 Å². The second kappa shape index (κ2) is 6.99. The summed E-state index contributed by atoms with van der Waals surface area (Å²) in [4.78, 5) is 11.8. The van der Waals surface area contributed by atoms with E-state index in [9.17, 15) is 13.2 Å². The van der Waals surface area contributed by atoms with Crippen molar-refractivity contribution in [3.63, 3.8) is 0 Å². The molecule has 3 rings (SSSR count). The van der Waals surface area contributed by atoms with Crippen molar-refractivity contribution in [2.45, 2.75) is 11.3 Å². The third-order valence-corrected chi connectivity index (χ3v) is 4.51. The number of hydrogen-bond donors (Lipinski definition) is 3. The van der Waals surface area contributed by atoms with Gasteiger partial charge in [-0.3, -0.25) is 0 Å². The number of anilines is 1. The molecule has 0 atom stereocenters. The van der Waals surface area contributed by atoms with Crippen molar-refractivity contribution in [1.82, 2.24) is 5.32 Å². The molecule has 2 aromatic rings. The van der Waals surface area contributed by atoms with Crippen LogP contribution in [0.5, 0.6) is 11.5 Å². The fourth-order valence-electron chi connectivity index (χ4n) is 2.32. The van der Waals surface area contributed by atoms with Crippen LogP contribution in [0.4, 0.5) is 10.5 Å². The van der Waals surface area contributed by atoms with Crippen LogP contribution in [0.1, 0.15) is 5.56 Å².